The summed E-state index contributed by atoms with van der Waals surface area (Å²) in [6.07, 6.45) is -1.81. The van der Waals surface area contributed by atoms with Gasteiger partial charge in [-0.05, 0) is 36.4 Å². The molecule has 0 saturated carbocycles. The number of rotatable bonds is 6. The van der Waals surface area contributed by atoms with E-state index in [2.05, 4.69) is 0 Å². The molecule has 156 valence electrons. The average Bonchev–Trinajstić information content (AvgIpc) is 3.39. The van der Waals surface area contributed by atoms with Crippen molar-refractivity contribution in [1.82, 2.24) is 4.90 Å². The van der Waals surface area contributed by atoms with Crippen molar-refractivity contribution in [3.05, 3.63) is 95.9 Å². The summed E-state index contributed by atoms with van der Waals surface area (Å²) in [7, 11) is 0. The van der Waals surface area contributed by atoms with Gasteiger partial charge in [0.15, 0.2) is 0 Å². The van der Waals surface area contributed by atoms with Crippen molar-refractivity contribution < 1.29 is 33.1 Å². The monoisotopic (exact) mass is 419 g/mol. The molecule has 0 unspecified atom stereocenters. The lowest BCUT2D eigenvalue weighted by molar-refractivity contribution is -0.142. The lowest BCUT2D eigenvalue weighted by atomic mass is 10.2. The molecule has 0 radical (unpaired) electrons. The molecule has 4 rings (SSSR count). The molecule has 2 amide bonds. The molecule has 2 atom stereocenters. The molecule has 1 aliphatic rings. The van der Waals surface area contributed by atoms with Gasteiger partial charge < -0.3 is 13.9 Å². The first kappa shape index (κ1) is 20.1. The van der Waals surface area contributed by atoms with Gasteiger partial charge in [-0.25, -0.2) is 9.59 Å². The van der Waals surface area contributed by atoms with E-state index in [9.17, 15) is 19.2 Å². The van der Waals surface area contributed by atoms with E-state index in [1.807, 2.05) is 0 Å². The van der Waals surface area contributed by atoms with Crippen molar-refractivity contribution in [2.45, 2.75) is 18.8 Å². The van der Waals surface area contributed by atoms with Crippen LogP contribution in [-0.2, 0) is 25.6 Å². The van der Waals surface area contributed by atoms with Crippen LogP contribution in [0.3, 0.4) is 0 Å². The number of amides is 2. The molecule has 1 fully saturated rings. The fourth-order valence-corrected chi connectivity index (χ4v) is 3.13. The van der Waals surface area contributed by atoms with Crippen LogP contribution in [0.2, 0.25) is 0 Å². The SMILES string of the molecule is O=C(O[C@H]1C(=O)N(Cc2ccco2)C(=O)[C@@H]1OC(=O)c1ccccc1)c1ccccc1. The minimum atomic E-state index is -1.61. The van der Waals surface area contributed by atoms with Gasteiger partial charge in [-0.1, -0.05) is 36.4 Å². The molecule has 8 heteroatoms. The Morgan fingerprint density at radius 2 is 1.23 bits per heavy atom. The van der Waals surface area contributed by atoms with E-state index in [1.165, 1.54) is 30.5 Å². The van der Waals surface area contributed by atoms with Gasteiger partial charge in [0.2, 0.25) is 12.2 Å². The van der Waals surface area contributed by atoms with Gasteiger partial charge in [-0.15, -0.1) is 0 Å². The quantitative estimate of drug-likeness (QED) is 0.447. The summed E-state index contributed by atoms with van der Waals surface area (Å²) in [5.74, 6) is -2.86. The van der Waals surface area contributed by atoms with E-state index in [0.717, 1.165) is 4.90 Å². The standard InChI is InChI=1S/C23H17NO7/c25-20-18(30-22(27)15-8-3-1-4-9-15)19(31-23(28)16-10-5-2-6-11-16)21(26)24(20)14-17-12-7-13-29-17/h1-13,18-19H,14H2/t18-,19-/m1/s1. The van der Waals surface area contributed by atoms with E-state index in [4.69, 9.17) is 13.9 Å². The molecule has 2 aromatic carbocycles. The maximum absolute atomic E-state index is 12.9. The first-order chi connectivity index (χ1) is 15.0. The third kappa shape index (κ3) is 4.23. The zero-order valence-electron chi connectivity index (χ0n) is 16.2. The van der Waals surface area contributed by atoms with Crippen LogP contribution in [0.15, 0.2) is 83.5 Å². The summed E-state index contributed by atoms with van der Waals surface area (Å²) in [6.45, 7) is -0.177. The van der Waals surface area contributed by atoms with Crippen molar-refractivity contribution in [1.29, 1.82) is 0 Å². The molecule has 8 nitrogen and oxygen atoms in total. The third-order valence-corrected chi connectivity index (χ3v) is 4.67. The molecule has 0 spiro atoms. The number of carbonyl (C=O) groups excluding carboxylic acids is 4. The van der Waals surface area contributed by atoms with E-state index in [0.29, 0.717) is 5.76 Å². The molecular formula is C23H17NO7. The molecule has 0 aliphatic carbocycles. The smallest absolute Gasteiger partial charge is 0.339 e. The minimum absolute atomic E-state index is 0.177. The van der Waals surface area contributed by atoms with Gasteiger partial charge in [0.25, 0.3) is 11.8 Å². The maximum Gasteiger partial charge on any atom is 0.339 e. The predicted octanol–water partition coefficient (Wildman–Crippen LogP) is 2.60. The van der Waals surface area contributed by atoms with E-state index >= 15 is 0 Å². The van der Waals surface area contributed by atoms with Crippen LogP contribution in [0.4, 0.5) is 0 Å². The van der Waals surface area contributed by atoms with Gasteiger partial charge in [0, 0.05) is 0 Å². The number of likely N-dealkylation sites (tertiary alicyclic amines) is 1. The summed E-state index contributed by atoms with van der Waals surface area (Å²) in [5.41, 5.74) is 0.390. The van der Waals surface area contributed by atoms with Gasteiger partial charge >= 0.3 is 11.9 Å². The lowest BCUT2D eigenvalue weighted by Crippen LogP contribution is -2.37. The molecule has 2 heterocycles. The second-order valence-electron chi connectivity index (χ2n) is 6.73. The number of hydrogen-bond acceptors (Lipinski definition) is 7. The fourth-order valence-electron chi connectivity index (χ4n) is 3.13. The van der Waals surface area contributed by atoms with Crippen LogP contribution in [0.1, 0.15) is 26.5 Å². The summed E-state index contributed by atoms with van der Waals surface area (Å²) >= 11 is 0. The number of esters is 2. The van der Waals surface area contributed by atoms with Crippen molar-refractivity contribution in [2.75, 3.05) is 0 Å². The summed E-state index contributed by atoms with van der Waals surface area (Å²) in [4.78, 5) is 51.7. The van der Waals surface area contributed by atoms with Crippen molar-refractivity contribution >= 4 is 23.8 Å². The second-order valence-corrected chi connectivity index (χ2v) is 6.73. The molecule has 1 aliphatic heterocycles. The third-order valence-electron chi connectivity index (χ3n) is 4.67. The highest BCUT2D eigenvalue weighted by atomic mass is 16.6. The predicted molar refractivity (Wildman–Crippen MR) is 106 cm³/mol. The number of ether oxygens (including phenoxy) is 2. The average molecular weight is 419 g/mol. The summed E-state index contributed by atoms with van der Waals surface area (Å²) < 4.78 is 15.8. The zero-order valence-corrected chi connectivity index (χ0v) is 16.2. The van der Waals surface area contributed by atoms with Crippen molar-refractivity contribution in [2.24, 2.45) is 0 Å². The molecule has 0 N–H and O–H groups in total. The van der Waals surface area contributed by atoms with Gasteiger partial charge in [-0.2, -0.15) is 0 Å². The molecular weight excluding hydrogens is 402 g/mol. The number of furan rings is 1. The van der Waals surface area contributed by atoms with Crippen LogP contribution in [0.5, 0.6) is 0 Å². The maximum atomic E-state index is 12.9. The van der Waals surface area contributed by atoms with Crippen molar-refractivity contribution in [3.8, 4) is 0 Å². The Labute approximate surface area is 177 Å². The Hall–Kier alpha value is -4.20. The first-order valence-electron chi connectivity index (χ1n) is 9.44. The molecule has 1 saturated heterocycles. The van der Waals surface area contributed by atoms with Crippen LogP contribution < -0.4 is 0 Å². The second kappa shape index (κ2) is 8.66. The normalized spacial score (nSPS) is 18.1. The Kier molecular flexibility index (Phi) is 5.61. The van der Waals surface area contributed by atoms with Gasteiger partial charge in [0.1, 0.15) is 5.76 Å². The largest absolute Gasteiger partial charge is 0.467 e. The van der Waals surface area contributed by atoms with Gasteiger partial charge in [0.05, 0.1) is 23.9 Å². The lowest BCUT2D eigenvalue weighted by Gasteiger charge is -2.16. The minimum Gasteiger partial charge on any atom is -0.467 e. The highest BCUT2D eigenvalue weighted by Crippen LogP contribution is 2.24. The van der Waals surface area contributed by atoms with Crippen LogP contribution in [-0.4, -0.2) is 40.9 Å². The summed E-state index contributed by atoms with van der Waals surface area (Å²) in [6, 6.07) is 19.2. The van der Waals surface area contributed by atoms with Crippen molar-refractivity contribution in [3.63, 3.8) is 0 Å². The highest BCUT2D eigenvalue weighted by Gasteiger charge is 2.53. The van der Waals surface area contributed by atoms with E-state index in [1.54, 1.807) is 48.5 Å². The molecule has 0 bridgehead atoms. The number of imide groups is 1. The van der Waals surface area contributed by atoms with Crippen LogP contribution in [0.25, 0.3) is 0 Å². The Bertz CT molecular complexity index is 1020. The van der Waals surface area contributed by atoms with E-state index < -0.39 is 36.0 Å². The Morgan fingerprint density at radius 1 is 0.742 bits per heavy atom. The number of benzene rings is 2. The molecule has 31 heavy (non-hydrogen) atoms. The summed E-state index contributed by atoms with van der Waals surface area (Å²) in [5, 5.41) is 0. The van der Waals surface area contributed by atoms with Crippen LogP contribution >= 0.6 is 0 Å². The number of carbonyl (C=O) groups is 4. The topological polar surface area (TPSA) is 103 Å². The number of nitrogens with zero attached hydrogens (tertiary/aromatic N) is 1. The number of hydrogen-bond donors (Lipinski definition) is 0. The van der Waals surface area contributed by atoms with Crippen LogP contribution in [0, 0.1) is 0 Å². The zero-order chi connectivity index (χ0) is 21.8. The Balaban J connectivity index is 1.59. The molecule has 3 aromatic rings. The van der Waals surface area contributed by atoms with Gasteiger partial charge in [-0.3, -0.25) is 14.5 Å². The van der Waals surface area contributed by atoms with E-state index in [-0.39, 0.29) is 17.7 Å². The Morgan fingerprint density at radius 3 is 1.65 bits per heavy atom. The highest BCUT2D eigenvalue weighted by molar-refractivity contribution is 6.10. The fraction of sp³-hybridized carbons (Fsp3) is 0.130. The first-order valence-corrected chi connectivity index (χ1v) is 9.44. The molecule has 1 aromatic heterocycles.